The fourth-order valence-electron chi connectivity index (χ4n) is 1.57. The van der Waals surface area contributed by atoms with Crippen LogP contribution in [0.4, 0.5) is 13.2 Å². The summed E-state index contributed by atoms with van der Waals surface area (Å²) >= 11 is 0. The van der Waals surface area contributed by atoms with Gasteiger partial charge in [-0.15, -0.1) is 0 Å². The molecule has 0 spiro atoms. The zero-order chi connectivity index (χ0) is 11.5. The Kier molecular flexibility index (Phi) is 3.96. The van der Waals surface area contributed by atoms with Gasteiger partial charge in [-0.3, -0.25) is 4.79 Å². The Morgan fingerprint density at radius 3 is 2.73 bits per heavy atom. The number of halogens is 3. The first-order chi connectivity index (χ1) is 6.88. The standard InChI is InChI=1S/C9H15F3N2O/c1-7-6-14(5-4-13-7)8(15)2-3-9(10,11)12/h7,13H,2-6H2,1H3/t7-/m1/s1. The van der Waals surface area contributed by atoms with Crippen LogP contribution >= 0.6 is 0 Å². The van der Waals surface area contributed by atoms with E-state index in [1.54, 1.807) is 0 Å². The third-order valence-corrected chi connectivity index (χ3v) is 2.34. The van der Waals surface area contributed by atoms with Crippen molar-refractivity contribution in [2.75, 3.05) is 19.6 Å². The van der Waals surface area contributed by atoms with Crippen LogP contribution in [-0.2, 0) is 4.79 Å². The molecule has 88 valence electrons. The first-order valence-electron chi connectivity index (χ1n) is 4.96. The van der Waals surface area contributed by atoms with Gasteiger partial charge in [-0.25, -0.2) is 0 Å². The highest BCUT2D eigenvalue weighted by Gasteiger charge is 2.29. The molecule has 0 bridgehead atoms. The molecule has 1 rings (SSSR count). The third kappa shape index (κ3) is 4.51. The fraction of sp³-hybridized carbons (Fsp3) is 0.889. The summed E-state index contributed by atoms with van der Waals surface area (Å²) in [5.41, 5.74) is 0. The summed E-state index contributed by atoms with van der Waals surface area (Å²) in [5.74, 6) is -0.402. The molecule has 1 N–H and O–H groups in total. The van der Waals surface area contributed by atoms with Crippen LogP contribution in [0.15, 0.2) is 0 Å². The van der Waals surface area contributed by atoms with Gasteiger partial charge in [0.1, 0.15) is 0 Å². The molecule has 1 heterocycles. The average molecular weight is 224 g/mol. The maximum atomic E-state index is 11.9. The van der Waals surface area contributed by atoms with Crippen molar-refractivity contribution < 1.29 is 18.0 Å². The molecule has 3 nitrogen and oxygen atoms in total. The van der Waals surface area contributed by atoms with Gasteiger partial charge in [0.25, 0.3) is 0 Å². The largest absolute Gasteiger partial charge is 0.389 e. The second-order valence-electron chi connectivity index (χ2n) is 3.81. The number of hydrogen-bond acceptors (Lipinski definition) is 2. The highest BCUT2D eigenvalue weighted by molar-refractivity contribution is 5.76. The van der Waals surface area contributed by atoms with E-state index in [-0.39, 0.29) is 6.04 Å². The van der Waals surface area contributed by atoms with Crippen molar-refractivity contribution in [3.8, 4) is 0 Å². The zero-order valence-electron chi connectivity index (χ0n) is 8.60. The van der Waals surface area contributed by atoms with E-state index >= 15 is 0 Å². The minimum Gasteiger partial charge on any atom is -0.340 e. The summed E-state index contributed by atoms with van der Waals surface area (Å²) in [7, 11) is 0. The van der Waals surface area contributed by atoms with E-state index in [4.69, 9.17) is 0 Å². The summed E-state index contributed by atoms with van der Waals surface area (Å²) in [5, 5.41) is 3.12. The van der Waals surface area contributed by atoms with E-state index in [9.17, 15) is 18.0 Å². The van der Waals surface area contributed by atoms with Gasteiger partial charge < -0.3 is 10.2 Å². The van der Waals surface area contributed by atoms with Crippen molar-refractivity contribution in [2.45, 2.75) is 32.0 Å². The van der Waals surface area contributed by atoms with Crippen LogP contribution in [0.25, 0.3) is 0 Å². The van der Waals surface area contributed by atoms with Crippen molar-refractivity contribution in [2.24, 2.45) is 0 Å². The maximum absolute atomic E-state index is 11.9. The number of carbonyl (C=O) groups excluding carboxylic acids is 1. The van der Waals surface area contributed by atoms with Crippen LogP contribution in [0.3, 0.4) is 0 Å². The highest BCUT2D eigenvalue weighted by Crippen LogP contribution is 2.21. The van der Waals surface area contributed by atoms with Gasteiger partial charge in [0, 0.05) is 32.1 Å². The van der Waals surface area contributed by atoms with Crippen molar-refractivity contribution in [1.82, 2.24) is 10.2 Å². The van der Waals surface area contributed by atoms with Gasteiger partial charge in [0.15, 0.2) is 0 Å². The normalized spacial score (nSPS) is 22.9. The van der Waals surface area contributed by atoms with E-state index in [1.165, 1.54) is 4.90 Å². The van der Waals surface area contributed by atoms with Gasteiger partial charge in [-0.1, -0.05) is 0 Å². The number of nitrogens with zero attached hydrogens (tertiary/aromatic N) is 1. The van der Waals surface area contributed by atoms with Crippen LogP contribution in [0.2, 0.25) is 0 Å². The predicted octanol–water partition coefficient (Wildman–Crippen LogP) is 1.15. The Morgan fingerprint density at radius 2 is 2.20 bits per heavy atom. The SMILES string of the molecule is C[C@@H]1CN(C(=O)CCC(F)(F)F)CCN1. The first-order valence-corrected chi connectivity index (χ1v) is 4.96. The molecule has 6 heteroatoms. The lowest BCUT2D eigenvalue weighted by atomic mass is 10.2. The summed E-state index contributed by atoms with van der Waals surface area (Å²) < 4.78 is 35.6. The minimum atomic E-state index is -4.24. The van der Waals surface area contributed by atoms with Crippen molar-refractivity contribution in [3.63, 3.8) is 0 Å². The number of carbonyl (C=O) groups is 1. The molecule has 0 aliphatic carbocycles. The molecule has 0 aromatic heterocycles. The number of hydrogen-bond donors (Lipinski definition) is 1. The van der Waals surface area contributed by atoms with Crippen LogP contribution in [0.1, 0.15) is 19.8 Å². The molecule has 0 aromatic rings. The molecule has 1 atom stereocenters. The lowest BCUT2D eigenvalue weighted by Gasteiger charge is -2.32. The van der Waals surface area contributed by atoms with Gasteiger partial charge in [-0.2, -0.15) is 13.2 Å². The Hall–Kier alpha value is -0.780. The highest BCUT2D eigenvalue weighted by atomic mass is 19.4. The van der Waals surface area contributed by atoms with E-state index < -0.39 is 24.9 Å². The molecule has 0 saturated carbocycles. The zero-order valence-corrected chi connectivity index (χ0v) is 8.60. The number of alkyl halides is 3. The van der Waals surface area contributed by atoms with Crippen molar-refractivity contribution in [1.29, 1.82) is 0 Å². The Morgan fingerprint density at radius 1 is 1.53 bits per heavy atom. The van der Waals surface area contributed by atoms with Crippen LogP contribution in [-0.4, -0.2) is 42.7 Å². The Bertz CT molecular complexity index is 230. The summed E-state index contributed by atoms with van der Waals surface area (Å²) in [6.45, 7) is 3.56. The lowest BCUT2D eigenvalue weighted by Crippen LogP contribution is -2.51. The van der Waals surface area contributed by atoms with Gasteiger partial charge >= 0.3 is 6.18 Å². The number of amides is 1. The molecule has 0 aromatic carbocycles. The molecular formula is C9H15F3N2O. The molecule has 0 unspecified atom stereocenters. The molecule has 15 heavy (non-hydrogen) atoms. The van der Waals surface area contributed by atoms with Gasteiger partial charge in [0.2, 0.25) is 5.91 Å². The van der Waals surface area contributed by atoms with Crippen LogP contribution in [0.5, 0.6) is 0 Å². The van der Waals surface area contributed by atoms with Gasteiger partial charge in [0.05, 0.1) is 6.42 Å². The molecular weight excluding hydrogens is 209 g/mol. The second kappa shape index (κ2) is 4.83. The topological polar surface area (TPSA) is 32.3 Å². The van der Waals surface area contributed by atoms with Crippen LogP contribution in [0, 0.1) is 0 Å². The quantitative estimate of drug-likeness (QED) is 0.763. The van der Waals surface area contributed by atoms with E-state index in [0.717, 1.165) is 0 Å². The average Bonchev–Trinajstić information content (AvgIpc) is 2.13. The summed E-state index contributed by atoms with van der Waals surface area (Å²) in [6, 6.07) is 0.161. The van der Waals surface area contributed by atoms with Crippen molar-refractivity contribution >= 4 is 5.91 Å². The summed E-state index contributed by atoms with van der Waals surface area (Å²) in [6.07, 6.45) is -5.70. The van der Waals surface area contributed by atoms with E-state index in [1.807, 2.05) is 6.92 Å². The Labute approximate surface area is 86.6 Å². The molecule has 0 radical (unpaired) electrons. The smallest absolute Gasteiger partial charge is 0.340 e. The van der Waals surface area contributed by atoms with E-state index in [0.29, 0.717) is 19.6 Å². The maximum Gasteiger partial charge on any atom is 0.389 e. The van der Waals surface area contributed by atoms with Gasteiger partial charge in [-0.05, 0) is 6.92 Å². The lowest BCUT2D eigenvalue weighted by molar-refractivity contribution is -0.149. The molecule has 1 amide bonds. The molecule has 1 fully saturated rings. The number of rotatable bonds is 2. The van der Waals surface area contributed by atoms with E-state index in [2.05, 4.69) is 5.32 Å². The predicted molar refractivity (Wildman–Crippen MR) is 49.3 cm³/mol. The minimum absolute atomic E-state index is 0.161. The molecule has 1 aliphatic heterocycles. The first kappa shape index (κ1) is 12.3. The molecule has 1 saturated heterocycles. The number of piperazine rings is 1. The second-order valence-corrected chi connectivity index (χ2v) is 3.81. The fourth-order valence-corrected chi connectivity index (χ4v) is 1.57. The number of nitrogens with one attached hydrogen (secondary N) is 1. The third-order valence-electron chi connectivity index (χ3n) is 2.34. The monoisotopic (exact) mass is 224 g/mol. The Balaban J connectivity index is 2.33. The summed E-state index contributed by atoms with van der Waals surface area (Å²) in [4.78, 5) is 12.9. The van der Waals surface area contributed by atoms with Crippen LogP contribution < -0.4 is 5.32 Å². The van der Waals surface area contributed by atoms with Crippen molar-refractivity contribution in [3.05, 3.63) is 0 Å². The molecule has 1 aliphatic rings.